The summed E-state index contributed by atoms with van der Waals surface area (Å²) in [5.74, 6) is 1.31. The molecule has 6 heteroatoms. The predicted molar refractivity (Wildman–Crippen MR) is 129 cm³/mol. The van der Waals surface area contributed by atoms with E-state index in [1.165, 1.54) is 0 Å². The first-order valence-corrected chi connectivity index (χ1v) is 10.8. The lowest BCUT2D eigenvalue weighted by atomic mass is 10.0. The zero-order valence-electron chi connectivity index (χ0n) is 17.8. The minimum Gasteiger partial charge on any atom is -0.481 e. The summed E-state index contributed by atoms with van der Waals surface area (Å²) < 4.78 is 7.02. The first-order valence-electron chi connectivity index (χ1n) is 10.3. The van der Waals surface area contributed by atoms with Gasteiger partial charge in [-0.05, 0) is 47.1 Å². The van der Waals surface area contributed by atoms with Gasteiger partial charge in [-0.1, -0.05) is 44.2 Å². The van der Waals surface area contributed by atoms with Crippen molar-refractivity contribution in [2.45, 2.75) is 31.4 Å². The third-order valence-corrected chi connectivity index (χ3v) is 5.54. The zero-order valence-corrected chi connectivity index (χ0v) is 18.7. The van der Waals surface area contributed by atoms with E-state index in [-0.39, 0.29) is 16.7 Å². The van der Waals surface area contributed by atoms with Crippen LogP contribution in [0.4, 0.5) is 0 Å². The van der Waals surface area contributed by atoms with Crippen molar-refractivity contribution in [3.63, 3.8) is 0 Å². The number of nitrogens with zero attached hydrogens (tertiary/aromatic N) is 3. The van der Waals surface area contributed by atoms with Gasteiger partial charge in [0.25, 0.3) is 5.56 Å². The van der Waals surface area contributed by atoms with Crippen molar-refractivity contribution in [2.75, 3.05) is 7.11 Å². The largest absolute Gasteiger partial charge is 0.481 e. The molecule has 0 aliphatic heterocycles. The Kier molecular flexibility index (Phi) is 6.09. The van der Waals surface area contributed by atoms with Gasteiger partial charge in [0.1, 0.15) is 5.82 Å². The lowest BCUT2D eigenvalue weighted by molar-refractivity contribution is 0.398. The molecule has 4 rings (SSSR count). The molecule has 2 heterocycles. The number of para-hydroxylation sites is 1. The van der Waals surface area contributed by atoms with Crippen molar-refractivity contribution >= 4 is 23.5 Å². The molecule has 4 aromatic rings. The molecule has 0 amide bonds. The molecule has 0 spiro atoms. The fourth-order valence-electron chi connectivity index (χ4n) is 3.95. The van der Waals surface area contributed by atoms with Gasteiger partial charge in [-0.2, -0.15) is 12.6 Å². The highest BCUT2D eigenvalue weighted by atomic mass is 32.1. The molecule has 158 valence electrons. The van der Waals surface area contributed by atoms with E-state index in [0.29, 0.717) is 16.8 Å². The van der Waals surface area contributed by atoms with Crippen LogP contribution in [0, 0.1) is 0 Å². The summed E-state index contributed by atoms with van der Waals surface area (Å²) >= 11 is 4.56. The Morgan fingerprint density at radius 3 is 2.55 bits per heavy atom. The van der Waals surface area contributed by atoms with E-state index in [1.807, 2.05) is 60.7 Å². The fourth-order valence-corrected chi connectivity index (χ4v) is 4.27. The highest BCUT2D eigenvalue weighted by molar-refractivity contribution is 7.80. The lowest BCUT2D eigenvalue weighted by Gasteiger charge is -2.20. The fraction of sp³-hybridized carbons (Fsp3) is 0.240. The SMILES string of the molecule is COc1cc(-c2cccc3nc(C(C)CC(C)S)n(-c4ccccc4)c(=O)c23)ccn1. The molecule has 5 nitrogen and oxygen atoms in total. The van der Waals surface area contributed by atoms with Crippen LogP contribution in [0.5, 0.6) is 5.88 Å². The molecule has 2 aromatic heterocycles. The number of rotatable bonds is 6. The van der Waals surface area contributed by atoms with Crippen molar-refractivity contribution in [1.29, 1.82) is 0 Å². The Hall–Kier alpha value is -3.12. The molecule has 2 atom stereocenters. The summed E-state index contributed by atoms with van der Waals surface area (Å²) in [4.78, 5) is 23.1. The minimum atomic E-state index is -0.0868. The van der Waals surface area contributed by atoms with Crippen LogP contribution < -0.4 is 10.3 Å². The summed E-state index contributed by atoms with van der Waals surface area (Å²) in [6.07, 6.45) is 2.50. The maximum atomic E-state index is 13.9. The Morgan fingerprint density at radius 1 is 1.06 bits per heavy atom. The maximum Gasteiger partial charge on any atom is 0.266 e. The van der Waals surface area contributed by atoms with E-state index >= 15 is 0 Å². The summed E-state index contributed by atoms with van der Waals surface area (Å²) in [6.45, 7) is 4.15. The summed E-state index contributed by atoms with van der Waals surface area (Å²) in [7, 11) is 1.58. The molecule has 0 aliphatic rings. The van der Waals surface area contributed by atoms with Crippen LogP contribution in [0.15, 0.2) is 71.7 Å². The van der Waals surface area contributed by atoms with E-state index < -0.39 is 0 Å². The number of benzene rings is 2. The average molecular weight is 432 g/mol. The number of methoxy groups -OCH3 is 1. The van der Waals surface area contributed by atoms with Crippen molar-refractivity contribution in [3.8, 4) is 22.7 Å². The Labute approximate surface area is 187 Å². The summed E-state index contributed by atoms with van der Waals surface area (Å²) in [5.41, 5.74) is 3.07. The van der Waals surface area contributed by atoms with Crippen LogP contribution in [-0.2, 0) is 0 Å². The summed E-state index contributed by atoms with van der Waals surface area (Å²) in [5, 5.41) is 0.775. The zero-order chi connectivity index (χ0) is 22.0. The highest BCUT2D eigenvalue weighted by Crippen LogP contribution is 2.30. The van der Waals surface area contributed by atoms with Crippen molar-refractivity contribution in [2.24, 2.45) is 0 Å². The monoisotopic (exact) mass is 431 g/mol. The molecule has 2 unspecified atom stereocenters. The van der Waals surface area contributed by atoms with Gasteiger partial charge in [0.2, 0.25) is 5.88 Å². The molecule has 0 fully saturated rings. The van der Waals surface area contributed by atoms with Gasteiger partial charge in [0, 0.05) is 18.2 Å². The number of hydrogen-bond acceptors (Lipinski definition) is 5. The Balaban J connectivity index is 2.04. The molecule has 0 saturated carbocycles. The standard InChI is InChI=1S/C25H25N3O2S/c1-16(14-17(2)31)24-27-21-11-7-10-20(18-12-13-26-22(15-18)30-3)23(21)25(29)28(24)19-8-5-4-6-9-19/h4-13,15-17,31H,14H2,1-3H3. The minimum absolute atomic E-state index is 0.0643. The van der Waals surface area contributed by atoms with Gasteiger partial charge in [-0.15, -0.1) is 0 Å². The number of aromatic nitrogens is 3. The van der Waals surface area contributed by atoms with Gasteiger partial charge < -0.3 is 4.74 Å². The van der Waals surface area contributed by atoms with E-state index in [9.17, 15) is 4.79 Å². The van der Waals surface area contributed by atoms with Crippen molar-refractivity contribution in [1.82, 2.24) is 14.5 Å². The second kappa shape index (κ2) is 8.94. The lowest BCUT2D eigenvalue weighted by Crippen LogP contribution is -2.26. The molecule has 0 N–H and O–H groups in total. The number of ether oxygens (including phenoxy) is 1. The van der Waals surface area contributed by atoms with Crippen LogP contribution in [0.25, 0.3) is 27.7 Å². The van der Waals surface area contributed by atoms with Gasteiger partial charge >= 0.3 is 0 Å². The van der Waals surface area contributed by atoms with Crippen LogP contribution in [0.2, 0.25) is 0 Å². The molecular weight excluding hydrogens is 406 g/mol. The number of fused-ring (bicyclic) bond motifs is 1. The van der Waals surface area contributed by atoms with E-state index in [2.05, 4.69) is 31.5 Å². The maximum absolute atomic E-state index is 13.9. The number of hydrogen-bond donors (Lipinski definition) is 1. The number of pyridine rings is 1. The van der Waals surface area contributed by atoms with Gasteiger partial charge in [-0.3, -0.25) is 9.36 Å². The second-order valence-electron chi connectivity index (χ2n) is 7.72. The molecule has 0 radical (unpaired) electrons. The normalized spacial score (nSPS) is 13.2. The van der Waals surface area contributed by atoms with Crippen LogP contribution in [0.1, 0.15) is 32.0 Å². The molecule has 0 aliphatic carbocycles. The third-order valence-electron chi connectivity index (χ3n) is 5.33. The third kappa shape index (κ3) is 4.21. The van der Waals surface area contributed by atoms with Gasteiger partial charge in [-0.25, -0.2) is 9.97 Å². The second-order valence-corrected chi connectivity index (χ2v) is 8.60. The van der Waals surface area contributed by atoms with E-state index in [0.717, 1.165) is 29.1 Å². The predicted octanol–water partition coefficient (Wildman–Crippen LogP) is 5.27. The molecular formula is C25H25N3O2S. The van der Waals surface area contributed by atoms with Crippen LogP contribution >= 0.6 is 12.6 Å². The first-order chi connectivity index (χ1) is 15.0. The molecule has 2 aromatic carbocycles. The first kappa shape index (κ1) is 21.1. The topological polar surface area (TPSA) is 57.0 Å². The Morgan fingerprint density at radius 2 is 1.84 bits per heavy atom. The highest BCUT2D eigenvalue weighted by Gasteiger charge is 2.21. The Bertz CT molecular complexity index is 1270. The van der Waals surface area contributed by atoms with Gasteiger partial charge in [0.05, 0.1) is 23.7 Å². The van der Waals surface area contributed by atoms with Crippen molar-refractivity contribution < 1.29 is 4.74 Å². The molecule has 0 saturated heterocycles. The van der Waals surface area contributed by atoms with Crippen LogP contribution in [-0.4, -0.2) is 26.9 Å². The molecule has 31 heavy (non-hydrogen) atoms. The van der Waals surface area contributed by atoms with Crippen molar-refractivity contribution in [3.05, 3.63) is 83.0 Å². The van der Waals surface area contributed by atoms with E-state index in [4.69, 9.17) is 9.72 Å². The van der Waals surface area contributed by atoms with Crippen LogP contribution in [0.3, 0.4) is 0 Å². The average Bonchev–Trinajstić information content (AvgIpc) is 2.78. The smallest absolute Gasteiger partial charge is 0.266 e. The summed E-state index contributed by atoms with van der Waals surface area (Å²) in [6, 6.07) is 19.2. The van der Waals surface area contributed by atoms with E-state index in [1.54, 1.807) is 17.9 Å². The molecule has 0 bridgehead atoms. The number of thiol groups is 1. The quantitative estimate of drug-likeness (QED) is 0.423. The van der Waals surface area contributed by atoms with Gasteiger partial charge in [0.15, 0.2) is 0 Å².